The van der Waals surface area contributed by atoms with E-state index in [-0.39, 0.29) is 0 Å². The van der Waals surface area contributed by atoms with Gasteiger partial charge in [-0.15, -0.1) is 20.4 Å². The summed E-state index contributed by atoms with van der Waals surface area (Å²) in [5, 5.41) is 26.6. The van der Waals surface area contributed by atoms with Crippen LogP contribution in [0.3, 0.4) is 0 Å². The Labute approximate surface area is 201 Å². The normalized spacial score (nSPS) is 12.9. The van der Waals surface area contributed by atoms with Crippen LogP contribution in [0.4, 0.5) is 10.3 Å². The molecule has 0 amide bonds. The maximum atomic E-state index is 5.66. The van der Waals surface area contributed by atoms with E-state index in [4.69, 9.17) is 16.5 Å². The van der Waals surface area contributed by atoms with Crippen molar-refractivity contribution in [3.8, 4) is 22.0 Å². The zero-order chi connectivity index (χ0) is 23.7. The van der Waals surface area contributed by atoms with Crippen molar-refractivity contribution in [2.75, 3.05) is 24.6 Å². The second-order valence-electron chi connectivity index (χ2n) is 7.08. The highest BCUT2D eigenvalue weighted by molar-refractivity contribution is 7.18. The molecule has 4 aromatic rings. The van der Waals surface area contributed by atoms with Crippen LogP contribution in [-0.4, -0.2) is 44.0 Å². The van der Waals surface area contributed by atoms with Crippen molar-refractivity contribution in [1.82, 2.24) is 35.7 Å². The number of hydrogen-bond acceptors (Lipinski definition) is 13. The lowest BCUT2D eigenvalue weighted by Gasteiger charge is -2.07. The molecule has 1 aliphatic heterocycles. The maximum absolute atomic E-state index is 5.66. The first-order valence-electron chi connectivity index (χ1n) is 10.1. The second-order valence-corrected chi connectivity index (χ2v) is 9.06. The van der Waals surface area contributed by atoms with Gasteiger partial charge < -0.3 is 22.1 Å². The zero-order valence-electron chi connectivity index (χ0n) is 18.0. The highest BCUT2D eigenvalue weighted by atomic mass is 32.1. The lowest BCUT2D eigenvalue weighted by Crippen LogP contribution is -2.26. The van der Waals surface area contributed by atoms with Crippen LogP contribution in [0.15, 0.2) is 54.1 Å². The van der Waals surface area contributed by atoms with Gasteiger partial charge in [0.15, 0.2) is 10.0 Å². The number of benzene rings is 1. The molecule has 1 aliphatic rings. The number of rotatable bonds is 7. The molecule has 6 N–H and O–H groups in total. The highest BCUT2D eigenvalue weighted by Gasteiger charge is 2.16. The van der Waals surface area contributed by atoms with Gasteiger partial charge in [-0.25, -0.2) is 4.98 Å². The van der Waals surface area contributed by atoms with Crippen LogP contribution in [0.2, 0.25) is 0 Å². The van der Waals surface area contributed by atoms with E-state index in [9.17, 15) is 0 Å². The van der Waals surface area contributed by atoms with Crippen molar-refractivity contribution in [2.24, 2.45) is 10.7 Å². The molecule has 0 bridgehead atoms. The third kappa shape index (κ3) is 3.97. The fourth-order valence-corrected chi connectivity index (χ4v) is 4.80. The number of nitrogens with zero attached hydrogens (tertiary/aromatic N) is 7. The van der Waals surface area contributed by atoms with Gasteiger partial charge in [-0.3, -0.25) is 9.98 Å². The van der Waals surface area contributed by atoms with Crippen molar-refractivity contribution < 1.29 is 0 Å². The number of nitrogens with one attached hydrogen (secondary N) is 2. The van der Waals surface area contributed by atoms with Gasteiger partial charge in [0.25, 0.3) is 0 Å². The average Bonchev–Trinajstić information content (AvgIpc) is 3.60. The largest absolute Gasteiger partial charge is 0.403 e. The summed E-state index contributed by atoms with van der Waals surface area (Å²) >= 11 is 2.64. The van der Waals surface area contributed by atoms with E-state index in [1.54, 1.807) is 19.4 Å². The summed E-state index contributed by atoms with van der Waals surface area (Å²) in [5.74, 6) is 0. The molecule has 11 nitrogen and oxygen atoms in total. The Balaban J connectivity index is 1.43. The van der Waals surface area contributed by atoms with Gasteiger partial charge >= 0.3 is 0 Å². The number of hydrogen-bond donors (Lipinski definition) is 4. The summed E-state index contributed by atoms with van der Waals surface area (Å²) in [6.07, 6.45) is 4.83. The molecule has 0 spiro atoms. The lowest BCUT2D eigenvalue weighted by atomic mass is 10.1. The van der Waals surface area contributed by atoms with E-state index in [1.807, 2.05) is 18.2 Å². The van der Waals surface area contributed by atoms with Crippen LogP contribution in [0.25, 0.3) is 33.2 Å². The Morgan fingerprint density at radius 3 is 2.62 bits per heavy atom. The van der Waals surface area contributed by atoms with Crippen molar-refractivity contribution in [2.45, 2.75) is 0 Å². The summed E-state index contributed by atoms with van der Waals surface area (Å²) in [7, 11) is 1.78. The SMILES string of the molecule is C=C(Nc1nnc(/C(=C/N)NC)s1)C1=c2cccc(-c3cnc(-c4nnc(N)s4)cn3)c2=NC1. The van der Waals surface area contributed by atoms with E-state index in [0.717, 1.165) is 21.7 Å². The lowest BCUT2D eigenvalue weighted by molar-refractivity contribution is 1.03. The van der Waals surface area contributed by atoms with Gasteiger partial charge in [0, 0.05) is 35.3 Å². The predicted molar refractivity (Wildman–Crippen MR) is 134 cm³/mol. The summed E-state index contributed by atoms with van der Waals surface area (Å²) in [5.41, 5.74) is 15.9. The van der Waals surface area contributed by atoms with Crippen molar-refractivity contribution in [3.63, 3.8) is 0 Å². The molecule has 0 fully saturated rings. The van der Waals surface area contributed by atoms with E-state index >= 15 is 0 Å². The van der Waals surface area contributed by atoms with E-state index in [1.165, 1.54) is 28.9 Å². The Bertz CT molecular complexity index is 1530. The van der Waals surface area contributed by atoms with Crippen LogP contribution in [-0.2, 0) is 0 Å². The maximum Gasteiger partial charge on any atom is 0.210 e. The van der Waals surface area contributed by atoms with Crippen molar-refractivity contribution in [1.29, 1.82) is 0 Å². The summed E-state index contributed by atoms with van der Waals surface area (Å²) in [6.45, 7) is 4.69. The number of aromatic nitrogens is 6. The molecule has 0 radical (unpaired) electrons. The van der Waals surface area contributed by atoms with Crippen molar-refractivity contribution >= 4 is 44.2 Å². The number of nitrogen functional groups attached to an aromatic ring is 1. The minimum absolute atomic E-state index is 0.389. The van der Waals surface area contributed by atoms with Gasteiger partial charge in [0.1, 0.15) is 5.69 Å². The van der Waals surface area contributed by atoms with Crippen LogP contribution in [0.5, 0.6) is 0 Å². The number of para-hydroxylation sites is 1. The minimum atomic E-state index is 0.389. The molecule has 4 heterocycles. The Morgan fingerprint density at radius 2 is 1.91 bits per heavy atom. The van der Waals surface area contributed by atoms with Crippen LogP contribution < -0.4 is 32.7 Å². The molecule has 0 saturated heterocycles. The second kappa shape index (κ2) is 8.96. The van der Waals surface area contributed by atoms with Gasteiger partial charge in [0.05, 0.1) is 35.7 Å². The van der Waals surface area contributed by atoms with Crippen molar-refractivity contribution in [3.05, 3.63) is 64.7 Å². The Kier molecular flexibility index (Phi) is 5.69. The molecule has 1 aromatic carbocycles. The molecule has 5 rings (SSSR count). The average molecular weight is 490 g/mol. The summed E-state index contributed by atoms with van der Waals surface area (Å²) < 4.78 is 0. The molecule has 0 aliphatic carbocycles. The van der Waals surface area contributed by atoms with Gasteiger partial charge in [-0.1, -0.05) is 47.5 Å². The van der Waals surface area contributed by atoms with Gasteiger partial charge in [-0.2, -0.15) is 0 Å². The molecular formula is C21H19N11S2. The Hall–Kier alpha value is -4.23. The Morgan fingerprint density at radius 1 is 1.09 bits per heavy atom. The first-order valence-corrected chi connectivity index (χ1v) is 11.7. The first-order chi connectivity index (χ1) is 16.6. The smallest absolute Gasteiger partial charge is 0.210 e. The monoisotopic (exact) mass is 489 g/mol. The molecular weight excluding hydrogens is 470 g/mol. The standard InChI is InChI=1S/C21H19N11S2/c1-10(28-21-32-30-18(34-21)14(6-22)24-2)13-7-27-17-11(13)4-3-5-12(17)15-8-26-16(9-25-15)19-29-31-20(23)33-19/h3-6,8-9,24H,1,7,22H2,2H3,(H2,23,31)(H,28,32)/b14-6-. The number of nitrogens with two attached hydrogens (primary N) is 2. The van der Waals surface area contributed by atoms with E-state index in [2.05, 4.69) is 47.6 Å². The third-order valence-electron chi connectivity index (χ3n) is 5.06. The molecule has 13 heteroatoms. The van der Waals surface area contributed by atoms with Gasteiger partial charge in [0.2, 0.25) is 10.3 Å². The molecule has 3 aromatic heterocycles. The molecule has 0 saturated carbocycles. The molecule has 0 unspecified atom stereocenters. The quantitative estimate of drug-likeness (QED) is 0.294. The predicted octanol–water partition coefficient (Wildman–Crippen LogP) is 0.982. The number of anilines is 2. The minimum Gasteiger partial charge on any atom is -0.403 e. The topological polar surface area (TPSA) is 166 Å². The summed E-state index contributed by atoms with van der Waals surface area (Å²) in [6, 6.07) is 5.96. The fraction of sp³-hybridized carbons (Fsp3) is 0.0952. The molecule has 170 valence electrons. The van der Waals surface area contributed by atoms with E-state index < -0.39 is 0 Å². The molecule has 34 heavy (non-hydrogen) atoms. The highest BCUT2D eigenvalue weighted by Crippen LogP contribution is 2.25. The third-order valence-corrected chi connectivity index (χ3v) is 6.70. The fourth-order valence-electron chi connectivity index (χ4n) is 3.43. The van der Waals surface area contributed by atoms with Crippen LogP contribution in [0, 0.1) is 0 Å². The molecule has 0 atom stereocenters. The van der Waals surface area contributed by atoms with E-state index in [0.29, 0.717) is 49.6 Å². The number of fused-ring (bicyclic) bond motifs is 1. The van der Waals surface area contributed by atoms with Crippen LogP contribution >= 0.6 is 22.7 Å². The van der Waals surface area contributed by atoms with Gasteiger partial charge in [-0.05, 0) is 0 Å². The van der Waals surface area contributed by atoms with Crippen LogP contribution in [0.1, 0.15) is 5.01 Å². The zero-order valence-corrected chi connectivity index (χ0v) is 19.6. The summed E-state index contributed by atoms with van der Waals surface area (Å²) in [4.78, 5) is 13.8. The first kappa shape index (κ1) is 21.6.